The van der Waals surface area contributed by atoms with Crippen molar-refractivity contribution in [3.8, 4) is 0 Å². The maximum Gasteiger partial charge on any atom is 0.279 e. The molecule has 1 amide bonds. The summed E-state index contributed by atoms with van der Waals surface area (Å²) in [5.74, 6) is 0.161. The molecule has 0 spiro atoms. The van der Waals surface area contributed by atoms with Crippen molar-refractivity contribution >= 4 is 21.6 Å². The summed E-state index contributed by atoms with van der Waals surface area (Å²) in [6, 6.07) is 14.6. The summed E-state index contributed by atoms with van der Waals surface area (Å²) in [5.41, 5.74) is 2.88. The summed E-state index contributed by atoms with van der Waals surface area (Å²) < 4.78 is 22.8. The number of nitrogens with two attached hydrogens (primary N) is 2. The predicted octanol–water partition coefficient (Wildman–Crippen LogP) is 1.80. The zero-order valence-electron chi connectivity index (χ0n) is 16.0. The largest absolute Gasteiger partial charge is 0.332 e. The Morgan fingerprint density at radius 3 is 2.37 bits per heavy atom. The fraction of sp³-hybridized carbons (Fsp3) is 0.350. The highest BCUT2D eigenvalue weighted by molar-refractivity contribution is 7.89. The van der Waals surface area contributed by atoms with Crippen LogP contribution in [0.15, 0.2) is 53.4 Å². The van der Waals surface area contributed by atoms with E-state index in [9.17, 15) is 13.2 Å². The molecule has 2 aromatic rings. The van der Waals surface area contributed by atoms with Gasteiger partial charge in [-0.25, -0.2) is 13.6 Å². The molecule has 5 N–H and O–H groups in total. The number of hydrogen-bond donors (Lipinski definition) is 3. The molecule has 1 atom stereocenters. The number of carbonyl (C=O) groups excluding carboxylic acids is 1. The number of rotatable bonds is 8. The molecule has 0 aliphatic carbocycles. The molecule has 2 aromatic carbocycles. The van der Waals surface area contributed by atoms with E-state index in [0.29, 0.717) is 11.6 Å². The van der Waals surface area contributed by atoms with Crippen LogP contribution in [0, 0.1) is 5.92 Å². The Labute approximate surface area is 161 Å². The van der Waals surface area contributed by atoms with Gasteiger partial charge in [0, 0.05) is 17.2 Å². The maximum atomic E-state index is 12.3. The molecule has 7 heteroatoms. The average molecular weight is 391 g/mol. The maximum absolute atomic E-state index is 12.3. The number of nitrogens with one attached hydrogen (secondary N) is 1. The standard InChI is InChI=1S/C20H27N3O3S/c1-4-15-8-10-16(11-9-15)20(14(2)3)22-13-19(24)23-17-6-5-7-18(12-17)27(21,25)26/h5-12,14,20,22H,4,13H2,1-3H3,(H,23,24)(H2,21,25,26)/p+1/t20-/m1/s1. The molecule has 0 bridgehead atoms. The van der Waals surface area contributed by atoms with Crippen LogP contribution < -0.4 is 15.8 Å². The predicted molar refractivity (Wildman–Crippen MR) is 107 cm³/mol. The van der Waals surface area contributed by atoms with E-state index in [1.54, 1.807) is 12.1 Å². The molecule has 2 rings (SSSR count). The third-order valence-corrected chi connectivity index (χ3v) is 5.41. The second-order valence-electron chi connectivity index (χ2n) is 6.93. The highest BCUT2D eigenvalue weighted by Gasteiger charge is 2.20. The summed E-state index contributed by atoms with van der Waals surface area (Å²) in [7, 11) is -3.80. The quantitative estimate of drug-likeness (QED) is 0.640. The Morgan fingerprint density at radius 1 is 1.15 bits per heavy atom. The number of anilines is 1. The zero-order chi connectivity index (χ0) is 20.0. The van der Waals surface area contributed by atoms with Gasteiger partial charge in [0.15, 0.2) is 6.54 Å². The number of carbonyl (C=O) groups is 1. The van der Waals surface area contributed by atoms with Crippen LogP contribution in [-0.2, 0) is 21.2 Å². The average Bonchev–Trinajstić information content (AvgIpc) is 2.61. The molecule has 27 heavy (non-hydrogen) atoms. The van der Waals surface area contributed by atoms with Crippen LogP contribution >= 0.6 is 0 Å². The highest BCUT2D eigenvalue weighted by atomic mass is 32.2. The molecule has 0 saturated carbocycles. The Hall–Kier alpha value is -2.22. The van der Waals surface area contributed by atoms with Crippen molar-refractivity contribution < 1.29 is 18.5 Å². The fourth-order valence-electron chi connectivity index (χ4n) is 2.97. The van der Waals surface area contributed by atoms with Crippen molar-refractivity contribution in [1.82, 2.24) is 0 Å². The van der Waals surface area contributed by atoms with Crippen molar-refractivity contribution in [3.05, 3.63) is 59.7 Å². The van der Waals surface area contributed by atoms with Gasteiger partial charge in [-0.05, 0) is 30.2 Å². The van der Waals surface area contributed by atoms with Gasteiger partial charge in [-0.2, -0.15) is 0 Å². The van der Waals surface area contributed by atoms with Crippen LogP contribution in [-0.4, -0.2) is 20.9 Å². The summed E-state index contributed by atoms with van der Waals surface area (Å²) >= 11 is 0. The van der Waals surface area contributed by atoms with Gasteiger partial charge in [-0.15, -0.1) is 0 Å². The van der Waals surface area contributed by atoms with Gasteiger partial charge in [0.05, 0.1) is 4.90 Å². The van der Waals surface area contributed by atoms with Gasteiger partial charge in [-0.3, -0.25) is 4.79 Å². The molecule has 0 saturated heterocycles. The molecule has 0 aliphatic rings. The normalized spacial score (nSPS) is 12.8. The molecule has 0 heterocycles. The lowest BCUT2D eigenvalue weighted by molar-refractivity contribution is -0.692. The van der Waals surface area contributed by atoms with E-state index in [4.69, 9.17) is 5.14 Å². The van der Waals surface area contributed by atoms with E-state index >= 15 is 0 Å². The smallest absolute Gasteiger partial charge is 0.279 e. The lowest BCUT2D eigenvalue weighted by Gasteiger charge is -2.20. The molecular formula is C20H28N3O3S+. The van der Waals surface area contributed by atoms with Crippen molar-refractivity contribution in [1.29, 1.82) is 0 Å². The van der Waals surface area contributed by atoms with E-state index in [-0.39, 0.29) is 23.4 Å². The Bertz CT molecular complexity index is 878. The van der Waals surface area contributed by atoms with Crippen LogP contribution in [0.25, 0.3) is 0 Å². The summed E-state index contributed by atoms with van der Waals surface area (Å²) in [6.45, 7) is 6.61. The summed E-state index contributed by atoms with van der Waals surface area (Å²) in [5, 5.41) is 9.86. The van der Waals surface area contributed by atoms with Gasteiger partial charge in [0.2, 0.25) is 10.0 Å². The highest BCUT2D eigenvalue weighted by Crippen LogP contribution is 2.18. The number of hydrogen-bond acceptors (Lipinski definition) is 3. The summed E-state index contributed by atoms with van der Waals surface area (Å²) in [6.07, 6.45) is 0.996. The SMILES string of the molecule is CCc1ccc([C@H]([NH2+]CC(=O)Nc2cccc(S(N)(=O)=O)c2)C(C)C)cc1. The molecule has 6 nitrogen and oxygen atoms in total. The molecule has 0 unspecified atom stereocenters. The lowest BCUT2D eigenvalue weighted by atomic mass is 9.95. The van der Waals surface area contributed by atoms with E-state index < -0.39 is 10.0 Å². The minimum atomic E-state index is -3.80. The molecule has 0 radical (unpaired) electrons. The first kappa shape index (κ1) is 21.1. The van der Waals surface area contributed by atoms with Crippen LogP contribution in [0.1, 0.15) is 37.9 Å². The summed E-state index contributed by atoms with van der Waals surface area (Å²) in [4.78, 5) is 12.3. The fourth-order valence-corrected chi connectivity index (χ4v) is 3.53. The van der Waals surface area contributed by atoms with Gasteiger partial charge in [0.1, 0.15) is 6.04 Å². The molecular weight excluding hydrogens is 362 g/mol. The first-order chi connectivity index (χ1) is 12.7. The number of primary sulfonamides is 1. The van der Waals surface area contributed by atoms with Crippen molar-refractivity contribution in [2.45, 2.75) is 38.1 Å². The molecule has 0 aliphatic heterocycles. The van der Waals surface area contributed by atoms with Gasteiger partial charge in [-0.1, -0.05) is 51.1 Å². The Morgan fingerprint density at radius 2 is 1.81 bits per heavy atom. The van der Waals surface area contributed by atoms with Crippen molar-refractivity contribution in [2.24, 2.45) is 11.1 Å². The van der Waals surface area contributed by atoms with Gasteiger partial charge < -0.3 is 10.6 Å². The second-order valence-corrected chi connectivity index (χ2v) is 8.49. The lowest BCUT2D eigenvalue weighted by Crippen LogP contribution is -2.88. The Balaban J connectivity index is 2.01. The van der Waals surface area contributed by atoms with Crippen LogP contribution in [0.4, 0.5) is 5.69 Å². The number of quaternary nitrogens is 1. The minimum Gasteiger partial charge on any atom is -0.332 e. The van der Waals surface area contributed by atoms with E-state index in [2.05, 4.69) is 50.4 Å². The van der Waals surface area contributed by atoms with Crippen LogP contribution in [0.3, 0.4) is 0 Å². The van der Waals surface area contributed by atoms with Crippen molar-refractivity contribution in [2.75, 3.05) is 11.9 Å². The van der Waals surface area contributed by atoms with Crippen LogP contribution in [0.5, 0.6) is 0 Å². The number of sulfonamides is 1. The first-order valence-electron chi connectivity index (χ1n) is 9.05. The van der Waals surface area contributed by atoms with Crippen molar-refractivity contribution in [3.63, 3.8) is 0 Å². The van der Waals surface area contributed by atoms with Gasteiger partial charge in [0.25, 0.3) is 5.91 Å². The topological polar surface area (TPSA) is 106 Å². The minimum absolute atomic E-state index is 0.0275. The van der Waals surface area contributed by atoms with E-state index in [1.807, 2.05) is 5.32 Å². The second kappa shape index (κ2) is 9.12. The number of benzene rings is 2. The van der Waals surface area contributed by atoms with E-state index in [0.717, 1.165) is 6.42 Å². The molecule has 0 fully saturated rings. The zero-order valence-corrected chi connectivity index (χ0v) is 16.8. The monoisotopic (exact) mass is 390 g/mol. The molecule has 0 aromatic heterocycles. The first-order valence-corrected chi connectivity index (χ1v) is 10.6. The van der Waals surface area contributed by atoms with Gasteiger partial charge >= 0.3 is 0 Å². The third kappa shape index (κ3) is 6.16. The number of amides is 1. The molecule has 146 valence electrons. The third-order valence-electron chi connectivity index (χ3n) is 4.49. The van der Waals surface area contributed by atoms with Crippen LogP contribution in [0.2, 0.25) is 0 Å². The Kier molecular flexibility index (Phi) is 7.12. The van der Waals surface area contributed by atoms with E-state index in [1.165, 1.54) is 23.3 Å². The number of aryl methyl sites for hydroxylation is 1.